The van der Waals surface area contributed by atoms with Crippen molar-refractivity contribution < 1.29 is 14.3 Å². The summed E-state index contributed by atoms with van der Waals surface area (Å²) in [6, 6.07) is 5.46. The molecule has 0 radical (unpaired) electrons. The number of ether oxygens (including phenoxy) is 1. The van der Waals surface area contributed by atoms with Crippen LogP contribution in [0.3, 0.4) is 0 Å². The molecule has 0 unspecified atom stereocenters. The van der Waals surface area contributed by atoms with Crippen molar-refractivity contribution in [2.45, 2.75) is 26.3 Å². The molecule has 0 atom stereocenters. The Morgan fingerprint density at radius 1 is 1.45 bits per heavy atom. The van der Waals surface area contributed by atoms with E-state index in [-0.39, 0.29) is 17.9 Å². The molecule has 1 aromatic carbocycles. The maximum Gasteiger partial charge on any atom is 0.254 e. The van der Waals surface area contributed by atoms with Gasteiger partial charge in [-0.2, -0.15) is 0 Å². The summed E-state index contributed by atoms with van der Waals surface area (Å²) in [5, 5.41) is 2.77. The van der Waals surface area contributed by atoms with E-state index in [4.69, 9.17) is 4.74 Å². The molecule has 20 heavy (non-hydrogen) atoms. The van der Waals surface area contributed by atoms with Crippen molar-refractivity contribution in [3.63, 3.8) is 0 Å². The average molecular weight is 276 g/mol. The van der Waals surface area contributed by atoms with E-state index in [1.54, 1.807) is 30.2 Å². The lowest BCUT2D eigenvalue weighted by atomic mass is 10.1. The molecule has 108 valence electrons. The first kappa shape index (κ1) is 14.5. The standard InChI is InChI=1S/C15H20N2O3/c1-10(2)17(6-7-20-3)15(19)11-4-5-13-12(8-11)9-14(18)16-13/h4-5,8,10H,6-7,9H2,1-3H3,(H,16,18). The van der Waals surface area contributed by atoms with Crippen LogP contribution in [0, 0.1) is 0 Å². The maximum absolute atomic E-state index is 12.5. The number of nitrogens with zero attached hydrogens (tertiary/aromatic N) is 1. The van der Waals surface area contributed by atoms with Gasteiger partial charge in [0.2, 0.25) is 5.91 Å². The van der Waals surface area contributed by atoms with Crippen molar-refractivity contribution in [3.05, 3.63) is 29.3 Å². The third kappa shape index (κ3) is 2.99. The van der Waals surface area contributed by atoms with Crippen LogP contribution in [-0.4, -0.2) is 43.0 Å². The van der Waals surface area contributed by atoms with Gasteiger partial charge in [-0.15, -0.1) is 0 Å². The number of carbonyl (C=O) groups is 2. The number of methoxy groups -OCH3 is 1. The fraction of sp³-hybridized carbons (Fsp3) is 0.467. The van der Waals surface area contributed by atoms with Gasteiger partial charge in [0.05, 0.1) is 13.0 Å². The Balaban J connectivity index is 2.19. The predicted molar refractivity (Wildman–Crippen MR) is 76.8 cm³/mol. The predicted octanol–water partition coefficient (Wildman–Crippen LogP) is 1.68. The zero-order chi connectivity index (χ0) is 14.7. The molecule has 1 aromatic rings. The zero-order valence-electron chi connectivity index (χ0n) is 12.1. The van der Waals surface area contributed by atoms with Crippen LogP contribution >= 0.6 is 0 Å². The summed E-state index contributed by atoms with van der Waals surface area (Å²) in [6.45, 7) is 5.02. The highest BCUT2D eigenvalue weighted by molar-refractivity contribution is 6.01. The highest BCUT2D eigenvalue weighted by Crippen LogP contribution is 2.24. The van der Waals surface area contributed by atoms with Gasteiger partial charge in [-0.05, 0) is 37.6 Å². The van der Waals surface area contributed by atoms with Crippen molar-refractivity contribution in [3.8, 4) is 0 Å². The lowest BCUT2D eigenvalue weighted by Crippen LogP contribution is -2.39. The van der Waals surface area contributed by atoms with Crippen molar-refractivity contribution in [1.29, 1.82) is 0 Å². The molecule has 1 heterocycles. The normalized spacial score (nSPS) is 13.3. The van der Waals surface area contributed by atoms with E-state index in [0.29, 0.717) is 25.1 Å². The quantitative estimate of drug-likeness (QED) is 0.890. The minimum absolute atomic E-state index is 0.0234. The van der Waals surface area contributed by atoms with Crippen LogP contribution in [-0.2, 0) is 16.0 Å². The number of benzene rings is 1. The van der Waals surface area contributed by atoms with Gasteiger partial charge in [-0.3, -0.25) is 9.59 Å². The molecule has 0 fully saturated rings. The summed E-state index contributed by atoms with van der Waals surface area (Å²) >= 11 is 0. The van der Waals surface area contributed by atoms with E-state index in [1.807, 2.05) is 13.8 Å². The number of amides is 2. The van der Waals surface area contributed by atoms with Gasteiger partial charge in [-0.25, -0.2) is 0 Å². The first-order chi connectivity index (χ1) is 9.52. The number of fused-ring (bicyclic) bond motifs is 1. The number of anilines is 1. The Kier molecular flexibility index (Phi) is 4.39. The molecular formula is C15H20N2O3. The molecule has 0 bridgehead atoms. The number of nitrogens with one attached hydrogen (secondary N) is 1. The fourth-order valence-electron chi connectivity index (χ4n) is 2.31. The summed E-state index contributed by atoms with van der Waals surface area (Å²) in [7, 11) is 1.62. The van der Waals surface area contributed by atoms with E-state index < -0.39 is 0 Å². The SMILES string of the molecule is COCCN(C(=O)c1ccc2c(c1)CC(=O)N2)C(C)C. The van der Waals surface area contributed by atoms with Crippen LogP contribution in [0.25, 0.3) is 0 Å². The Morgan fingerprint density at radius 2 is 2.20 bits per heavy atom. The van der Waals surface area contributed by atoms with Gasteiger partial charge in [0, 0.05) is 30.9 Å². The van der Waals surface area contributed by atoms with Crippen LogP contribution in [0.15, 0.2) is 18.2 Å². The summed E-state index contributed by atoms with van der Waals surface area (Å²) < 4.78 is 5.05. The van der Waals surface area contributed by atoms with Gasteiger partial charge in [-0.1, -0.05) is 0 Å². The Labute approximate surface area is 118 Å². The minimum atomic E-state index is -0.0285. The molecule has 1 aliphatic heterocycles. The lowest BCUT2D eigenvalue weighted by molar-refractivity contribution is -0.115. The molecule has 2 rings (SSSR count). The van der Waals surface area contributed by atoms with E-state index in [1.165, 1.54) is 0 Å². The van der Waals surface area contributed by atoms with E-state index in [2.05, 4.69) is 5.32 Å². The topological polar surface area (TPSA) is 58.6 Å². The largest absolute Gasteiger partial charge is 0.383 e. The molecule has 1 aliphatic rings. The van der Waals surface area contributed by atoms with Gasteiger partial charge in [0.15, 0.2) is 0 Å². The fourth-order valence-corrected chi connectivity index (χ4v) is 2.31. The molecule has 5 heteroatoms. The Morgan fingerprint density at radius 3 is 2.85 bits per heavy atom. The third-order valence-electron chi connectivity index (χ3n) is 3.40. The van der Waals surface area contributed by atoms with Gasteiger partial charge < -0.3 is 15.0 Å². The van der Waals surface area contributed by atoms with Crippen LogP contribution in [0.1, 0.15) is 29.8 Å². The molecular weight excluding hydrogens is 256 g/mol. The summed E-state index contributed by atoms with van der Waals surface area (Å²) in [4.78, 5) is 25.7. The number of hydrogen-bond acceptors (Lipinski definition) is 3. The minimum Gasteiger partial charge on any atom is -0.383 e. The number of hydrogen-bond donors (Lipinski definition) is 1. The summed E-state index contributed by atoms with van der Waals surface area (Å²) in [5.41, 5.74) is 2.31. The third-order valence-corrected chi connectivity index (χ3v) is 3.40. The second-order valence-corrected chi connectivity index (χ2v) is 5.18. The summed E-state index contributed by atoms with van der Waals surface area (Å²) in [5.74, 6) is -0.0519. The van der Waals surface area contributed by atoms with Crippen LogP contribution in [0.2, 0.25) is 0 Å². The zero-order valence-corrected chi connectivity index (χ0v) is 12.1. The van der Waals surface area contributed by atoms with Gasteiger partial charge >= 0.3 is 0 Å². The second kappa shape index (κ2) is 6.05. The second-order valence-electron chi connectivity index (χ2n) is 5.18. The Bertz CT molecular complexity index is 526. The van der Waals surface area contributed by atoms with Crippen molar-refractivity contribution in [2.24, 2.45) is 0 Å². The molecule has 1 N–H and O–H groups in total. The maximum atomic E-state index is 12.5. The highest BCUT2D eigenvalue weighted by atomic mass is 16.5. The molecule has 0 saturated heterocycles. The average Bonchev–Trinajstić information content (AvgIpc) is 2.77. The van der Waals surface area contributed by atoms with Crippen molar-refractivity contribution >= 4 is 17.5 Å². The number of rotatable bonds is 5. The summed E-state index contributed by atoms with van der Waals surface area (Å²) in [6.07, 6.45) is 0.343. The molecule has 2 amide bonds. The smallest absolute Gasteiger partial charge is 0.254 e. The number of carbonyl (C=O) groups excluding carboxylic acids is 2. The molecule has 5 nitrogen and oxygen atoms in total. The molecule has 0 aromatic heterocycles. The Hall–Kier alpha value is -1.88. The van der Waals surface area contributed by atoms with Crippen LogP contribution in [0.4, 0.5) is 5.69 Å². The van der Waals surface area contributed by atoms with Gasteiger partial charge in [0.1, 0.15) is 0 Å². The van der Waals surface area contributed by atoms with Crippen LogP contribution < -0.4 is 5.32 Å². The van der Waals surface area contributed by atoms with Gasteiger partial charge in [0.25, 0.3) is 5.91 Å². The van der Waals surface area contributed by atoms with Crippen LogP contribution in [0.5, 0.6) is 0 Å². The van der Waals surface area contributed by atoms with Crippen molar-refractivity contribution in [1.82, 2.24) is 4.90 Å². The van der Waals surface area contributed by atoms with Crippen molar-refractivity contribution in [2.75, 3.05) is 25.6 Å². The molecule has 0 spiro atoms. The highest BCUT2D eigenvalue weighted by Gasteiger charge is 2.22. The van der Waals surface area contributed by atoms with E-state index in [9.17, 15) is 9.59 Å². The monoisotopic (exact) mass is 276 g/mol. The lowest BCUT2D eigenvalue weighted by Gasteiger charge is -2.26. The first-order valence-electron chi connectivity index (χ1n) is 6.75. The van der Waals surface area contributed by atoms with E-state index in [0.717, 1.165) is 11.3 Å². The molecule has 0 aliphatic carbocycles. The first-order valence-corrected chi connectivity index (χ1v) is 6.75. The van der Waals surface area contributed by atoms with E-state index >= 15 is 0 Å². The molecule has 0 saturated carbocycles.